The first-order valence-electron chi connectivity index (χ1n) is 6.94. The summed E-state index contributed by atoms with van der Waals surface area (Å²) in [6.07, 6.45) is 2.80. The lowest BCUT2D eigenvalue weighted by Crippen LogP contribution is -2.12. The first kappa shape index (κ1) is 15.8. The van der Waals surface area contributed by atoms with Gasteiger partial charge in [-0.05, 0) is 30.4 Å². The molecule has 0 atom stereocenters. The molecule has 21 heavy (non-hydrogen) atoms. The van der Waals surface area contributed by atoms with Crippen LogP contribution in [0.1, 0.15) is 32.8 Å². The zero-order valence-corrected chi connectivity index (χ0v) is 13.7. The van der Waals surface area contributed by atoms with E-state index in [-0.39, 0.29) is 11.2 Å². The van der Waals surface area contributed by atoms with E-state index in [0.717, 1.165) is 34.8 Å². The smallest absolute Gasteiger partial charge is 0.313 e. The molecule has 0 spiro atoms. The fourth-order valence-electron chi connectivity index (χ4n) is 1.98. The van der Waals surface area contributed by atoms with Crippen molar-refractivity contribution in [3.63, 3.8) is 0 Å². The number of carbonyl (C=O) groups is 1. The van der Waals surface area contributed by atoms with E-state index in [9.17, 15) is 4.79 Å². The molecule has 1 N–H and O–H groups in total. The molecule has 2 aromatic heterocycles. The van der Waals surface area contributed by atoms with Crippen LogP contribution in [0.2, 0.25) is 0 Å². The van der Waals surface area contributed by atoms with Gasteiger partial charge in [0, 0.05) is 12.7 Å². The monoisotopic (exact) mass is 307 g/mol. The summed E-state index contributed by atoms with van der Waals surface area (Å²) in [6, 6.07) is 1.99. The molecule has 0 aliphatic heterocycles. The topological polar surface area (TPSA) is 68.0 Å². The van der Waals surface area contributed by atoms with Gasteiger partial charge in [-0.1, -0.05) is 32.5 Å². The fourth-order valence-corrected chi connectivity index (χ4v) is 2.73. The second-order valence-electron chi connectivity index (χ2n) is 6.39. The zero-order chi connectivity index (χ0) is 15.6. The van der Waals surface area contributed by atoms with Gasteiger partial charge in [0.15, 0.2) is 10.8 Å². The molecule has 114 valence electrons. The van der Waals surface area contributed by atoms with Gasteiger partial charge in [-0.15, -0.1) is 0 Å². The van der Waals surface area contributed by atoms with E-state index in [1.54, 1.807) is 0 Å². The van der Waals surface area contributed by atoms with Gasteiger partial charge in [0.05, 0.1) is 5.75 Å². The molecule has 2 rings (SSSR count). The van der Waals surface area contributed by atoms with Gasteiger partial charge in [-0.3, -0.25) is 4.79 Å². The third-order valence-electron chi connectivity index (χ3n) is 3.10. The summed E-state index contributed by atoms with van der Waals surface area (Å²) in [5, 5.41) is 9.60. The standard InChI is InChI=1S/C15H21N3O2S/c1-10-7-11-13(16-8-10)18(6-5-15(2,3)4)14(17-11)21-9-12(19)20/h7-8H,5-6,9H2,1-4H3,(H,19,20). The van der Waals surface area contributed by atoms with Crippen molar-refractivity contribution in [2.24, 2.45) is 5.41 Å². The second kappa shape index (κ2) is 6.05. The number of carboxylic acid groups (broad SMARTS) is 1. The molecule has 0 amide bonds. The summed E-state index contributed by atoms with van der Waals surface area (Å²) in [6.45, 7) is 9.33. The van der Waals surface area contributed by atoms with E-state index in [0.29, 0.717) is 0 Å². The van der Waals surface area contributed by atoms with Gasteiger partial charge in [-0.2, -0.15) is 0 Å². The number of fused-ring (bicyclic) bond motifs is 1. The van der Waals surface area contributed by atoms with Gasteiger partial charge in [0.1, 0.15) is 5.52 Å². The SMILES string of the molecule is Cc1cnc2c(c1)nc(SCC(=O)O)n2CCC(C)(C)C. The van der Waals surface area contributed by atoms with E-state index in [1.165, 1.54) is 11.8 Å². The highest BCUT2D eigenvalue weighted by molar-refractivity contribution is 7.99. The maximum absolute atomic E-state index is 10.8. The Morgan fingerprint density at radius 2 is 2.14 bits per heavy atom. The van der Waals surface area contributed by atoms with Crippen LogP contribution < -0.4 is 0 Å². The number of aromatic nitrogens is 3. The number of imidazole rings is 1. The maximum atomic E-state index is 10.8. The molecular formula is C15H21N3O2S. The van der Waals surface area contributed by atoms with Gasteiger partial charge < -0.3 is 9.67 Å². The first-order chi connectivity index (χ1) is 9.76. The predicted molar refractivity (Wildman–Crippen MR) is 84.7 cm³/mol. The van der Waals surface area contributed by atoms with Crippen molar-refractivity contribution < 1.29 is 9.90 Å². The minimum absolute atomic E-state index is 0.0117. The number of nitrogens with zero attached hydrogens (tertiary/aromatic N) is 3. The Labute approximate surface area is 128 Å². The van der Waals surface area contributed by atoms with Gasteiger partial charge in [0.2, 0.25) is 0 Å². The van der Waals surface area contributed by atoms with Crippen LogP contribution in [0.15, 0.2) is 17.4 Å². The van der Waals surface area contributed by atoms with Crippen LogP contribution in [0.3, 0.4) is 0 Å². The largest absolute Gasteiger partial charge is 0.481 e. The molecule has 0 bridgehead atoms. The van der Waals surface area contributed by atoms with Gasteiger partial charge >= 0.3 is 5.97 Å². The van der Waals surface area contributed by atoms with Crippen molar-refractivity contribution in [3.05, 3.63) is 17.8 Å². The van der Waals surface area contributed by atoms with E-state index >= 15 is 0 Å². The highest BCUT2D eigenvalue weighted by Gasteiger charge is 2.17. The Kier molecular flexibility index (Phi) is 4.56. The highest BCUT2D eigenvalue weighted by Crippen LogP contribution is 2.27. The van der Waals surface area contributed by atoms with Crippen LogP contribution in [0.25, 0.3) is 11.2 Å². The average Bonchev–Trinajstić information content (AvgIpc) is 2.69. The van der Waals surface area contributed by atoms with Crippen LogP contribution in [0.5, 0.6) is 0 Å². The zero-order valence-electron chi connectivity index (χ0n) is 12.9. The van der Waals surface area contributed by atoms with Crippen molar-refractivity contribution in [3.8, 4) is 0 Å². The third-order valence-corrected chi connectivity index (χ3v) is 4.06. The van der Waals surface area contributed by atoms with Gasteiger partial charge in [0.25, 0.3) is 0 Å². The van der Waals surface area contributed by atoms with E-state index in [1.807, 2.05) is 23.8 Å². The molecule has 0 fully saturated rings. The number of hydrogen-bond acceptors (Lipinski definition) is 4. The molecule has 0 saturated carbocycles. The number of carboxylic acids is 1. The number of pyridine rings is 1. The number of aliphatic carboxylic acids is 1. The first-order valence-corrected chi connectivity index (χ1v) is 7.92. The minimum Gasteiger partial charge on any atom is -0.481 e. The van der Waals surface area contributed by atoms with Crippen LogP contribution in [-0.2, 0) is 11.3 Å². The Morgan fingerprint density at radius 1 is 1.43 bits per heavy atom. The Hall–Kier alpha value is -1.56. The molecule has 6 heteroatoms. The van der Waals surface area contributed by atoms with Crippen molar-refractivity contribution in [1.82, 2.24) is 14.5 Å². The number of hydrogen-bond donors (Lipinski definition) is 1. The normalized spacial score (nSPS) is 12.0. The molecule has 0 radical (unpaired) electrons. The average molecular weight is 307 g/mol. The lowest BCUT2D eigenvalue weighted by Gasteiger charge is -2.19. The molecule has 0 aliphatic rings. The Balaban J connectivity index is 2.36. The quantitative estimate of drug-likeness (QED) is 0.858. The molecule has 5 nitrogen and oxygen atoms in total. The summed E-state index contributed by atoms with van der Waals surface area (Å²) in [4.78, 5) is 19.8. The van der Waals surface area contributed by atoms with Crippen molar-refractivity contribution in [1.29, 1.82) is 0 Å². The van der Waals surface area contributed by atoms with Crippen molar-refractivity contribution in [2.45, 2.75) is 45.8 Å². The minimum atomic E-state index is -0.835. The van der Waals surface area contributed by atoms with Crippen molar-refractivity contribution >= 4 is 28.9 Å². The lowest BCUT2D eigenvalue weighted by atomic mass is 9.92. The summed E-state index contributed by atoms with van der Waals surface area (Å²) < 4.78 is 2.04. The molecule has 0 aliphatic carbocycles. The Bertz CT molecular complexity index is 659. The molecular weight excluding hydrogens is 286 g/mol. The molecule has 0 saturated heterocycles. The van der Waals surface area contributed by atoms with Crippen LogP contribution >= 0.6 is 11.8 Å². The van der Waals surface area contributed by atoms with Crippen LogP contribution in [-0.4, -0.2) is 31.4 Å². The predicted octanol–water partition coefficient (Wildman–Crippen LogP) is 3.35. The summed E-state index contributed by atoms with van der Waals surface area (Å²) in [5.74, 6) is -0.823. The van der Waals surface area contributed by atoms with Crippen LogP contribution in [0, 0.1) is 12.3 Å². The van der Waals surface area contributed by atoms with E-state index in [4.69, 9.17) is 5.11 Å². The Morgan fingerprint density at radius 3 is 2.76 bits per heavy atom. The lowest BCUT2D eigenvalue weighted by molar-refractivity contribution is -0.133. The van der Waals surface area contributed by atoms with Crippen molar-refractivity contribution in [2.75, 3.05) is 5.75 Å². The summed E-state index contributed by atoms with van der Waals surface area (Å²) >= 11 is 1.25. The summed E-state index contributed by atoms with van der Waals surface area (Å²) in [5.41, 5.74) is 2.92. The second-order valence-corrected chi connectivity index (χ2v) is 7.34. The van der Waals surface area contributed by atoms with E-state index < -0.39 is 5.97 Å². The maximum Gasteiger partial charge on any atom is 0.313 e. The van der Waals surface area contributed by atoms with Crippen LogP contribution in [0.4, 0.5) is 0 Å². The number of rotatable bonds is 5. The summed E-state index contributed by atoms with van der Waals surface area (Å²) in [7, 11) is 0. The van der Waals surface area contributed by atoms with Gasteiger partial charge in [-0.25, -0.2) is 9.97 Å². The third kappa shape index (κ3) is 4.20. The number of thioether (sulfide) groups is 1. The van der Waals surface area contributed by atoms with E-state index in [2.05, 4.69) is 30.7 Å². The molecule has 0 unspecified atom stereocenters. The highest BCUT2D eigenvalue weighted by atomic mass is 32.2. The molecule has 2 aromatic rings. The molecule has 0 aromatic carbocycles. The fraction of sp³-hybridized carbons (Fsp3) is 0.533. The molecule has 2 heterocycles. The number of aryl methyl sites for hydroxylation is 2.